The Morgan fingerprint density at radius 1 is 1.00 bits per heavy atom. The van der Waals surface area contributed by atoms with Crippen LogP contribution in [0.5, 0.6) is 0 Å². The molecule has 1 saturated carbocycles. The second-order valence-electron chi connectivity index (χ2n) is 5.80. The third-order valence-corrected chi connectivity index (χ3v) is 4.17. The largest absolute Gasteiger partial charge is 0.465 e. The van der Waals surface area contributed by atoms with Crippen LogP contribution in [0.3, 0.4) is 0 Å². The van der Waals surface area contributed by atoms with Crippen LogP contribution < -0.4 is 0 Å². The van der Waals surface area contributed by atoms with Crippen LogP contribution in [0, 0.1) is 11.8 Å². The topological polar surface area (TPSA) is 84.2 Å². The number of hydrogen-bond acceptors (Lipinski definition) is 4. The molecular weight excluding hydrogens is 260 g/mol. The van der Waals surface area contributed by atoms with Crippen molar-refractivity contribution >= 4 is 6.09 Å². The van der Waals surface area contributed by atoms with Gasteiger partial charge in [0.1, 0.15) is 0 Å². The number of aliphatic hydroxyl groups excluding tert-OH is 2. The van der Waals surface area contributed by atoms with Gasteiger partial charge in [-0.3, -0.25) is 4.90 Å². The molecule has 0 bridgehead atoms. The van der Waals surface area contributed by atoms with Crippen LogP contribution in [-0.4, -0.2) is 77.7 Å². The number of carboxylic acid groups (broad SMARTS) is 1. The van der Waals surface area contributed by atoms with E-state index in [0.29, 0.717) is 31.5 Å². The van der Waals surface area contributed by atoms with E-state index in [2.05, 4.69) is 4.90 Å². The minimum atomic E-state index is -0.857. The highest BCUT2D eigenvalue weighted by Gasteiger charge is 2.24. The monoisotopic (exact) mass is 288 g/mol. The molecule has 0 radical (unpaired) electrons. The van der Waals surface area contributed by atoms with Gasteiger partial charge >= 0.3 is 6.09 Å². The van der Waals surface area contributed by atoms with Crippen molar-refractivity contribution in [3.63, 3.8) is 0 Å². The van der Waals surface area contributed by atoms with Crippen molar-refractivity contribution in [1.82, 2.24) is 9.80 Å². The Balaban J connectivity index is 2.28. The van der Waals surface area contributed by atoms with Gasteiger partial charge in [0.25, 0.3) is 0 Å². The van der Waals surface area contributed by atoms with Crippen molar-refractivity contribution in [2.24, 2.45) is 11.8 Å². The SMILES string of the molecule is CN(CC1CCC(CN(CCO)CCO)CC1)C(=O)O. The maximum atomic E-state index is 10.8. The van der Waals surface area contributed by atoms with Crippen molar-refractivity contribution in [2.45, 2.75) is 25.7 Å². The molecule has 0 aromatic carbocycles. The summed E-state index contributed by atoms with van der Waals surface area (Å²) in [6.45, 7) is 3.02. The van der Waals surface area contributed by atoms with Gasteiger partial charge in [0.15, 0.2) is 0 Å². The first-order valence-electron chi connectivity index (χ1n) is 7.45. The van der Waals surface area contributed by atoms with E-state index in [1.807, 2.05) is 0 Å². The summed E-state index contributed by atoms with van der Waals surface area (Å²) in [7, 11) is 1.62. The fraction of sp³-hybridized carbons (Fsp3) is 0.929. The quantitative estimate of drug-likeness (QED) is 0.612. The van der Waals surface area contributed by atoms with Crippen molar-refractivity contribution in [3.8, 4) is 0 Å². The van der Waals surface area contributed by atoms with Crippen LogP contribution >= 0.6 is 0 Å². The normalized spacial score (nSPS) is 23.0. The lowest BCUT2D eigenvalue weighted by molar-refractivity contribution is 0.116. The zero-order valence-electron chi connectivity index (χ0n) is 12.4. The lowest BCUT2D eigenvalue weighted by Crippen LogP contribution is -2.37. The van der Waals surface area contributed by atoms with Gasteiger partial charge < -0.3 is 20.2 Å². The molecule has 0 unspecified atom stereocenters. The molecule has 0 aromatic heterocycles. The summed E-state index contributed by atoms with van der Waals surface area (Å²) < 4.78 is 0. The molecule has 118 valence electrons. The van der Waals surface area contributed by atoms with Crippen LogP contribution in [0.25, 0.3) is 0 Å². The Labute approximate surface area is 121 Å². The van der Waals surface area contributed by atoms with Crippen LogP contribution in [0.4, 0.5) is 4.79 Å². The highest BCUT2D eigenvalue weighted by atomic mass is 16.4. The highest BCUT2D eigenvalue weighted by Crippen LogP contribution is 2.29. The third-order valence-electron chi connectivity index (χ3n) is 4.17. The third kappa shape index (κ3) is 6.07. The molecule has 20 heavy (non-hydrogen) atoms. The maximum Gasteiger partial charge on any atom is 0.407 e. The summed E-state index contributed by atoms with van der Waals surface area (Å²) in [5.41, 5.74) is 0. The molecule has 0 atom stereocenters. The molecule has 0 aromatic rings. The van der Waals surface area contributed by atoms with Gasteiger partial charge in [-0.2, -0.15) is 0 Å². The van der Waals surface area contributed by atoms with Gasteiger partial charge in [-0.1, -0.05) is 0 Å². The Morgan fingerprint density at radius 3 is 1.85 bits per heavy atom. The van der Waals surface area contributed by atoms with E-state index in [-0.39, 0.29) is 13.2 Å². The predicted molar refractivity (Wildman–Crippen MR) is 76.7 cm³/mol. The number of hydrogen-bond donors (Lipinski definition) is 3. The van der Waals surface area contributed by atoms with E-state index in [0.717, 1.165) is 32.2 Å². The second-order valence-corrected chi connectivity index (χ2v) is 5.80. The molecule has 1 aliphatic rings. The highest BCUT2D eigenvalue weighted by molar-refractivity contribution is 5.64. The van der Waals surface area contributed by atoms with Gasteiger partial charge in [0.05, 0.1) is 13.2 Å². The minimum absolute atomic E-state index is 0.124. The van der Waals surface area contributed by atoms with Crippen molar-refractivity contribution < 1.29 is 20.1 Å². The lowest BCUT2D eigenvalue weighted by Gasteiger charge is -2.33. The number of amides is 1. The van der Waals surface area contributed by atoms with Crippen LogP contribution in [-0.2, 0) is 0 Å². The molecule has 3 N–H and O–H groups in total. The molecule has 0 spiro atoms. The molecule has 1 aliphatic carbocycles. The average Bonchev–Trinajstić information content (AvgIpc) is 2.41. The molecule has 0 aliphatic heterocycles. The summed E-state index contributed by atoms with van der Waals surface area (Å²) in [6, 6.07) is 0. The zero-order valence-corrected chi connectivity index (χ0v) is 12.4. The summed E-state index contributed by atoms with van der Waals surface area (Å²) >= 11 is 0. The van der Waals surface area contributed by atoms with Crippen molar-refractivity contribution in [2.75, 3.05) is 46.4 Å². The van der Waals surface area contributed by atoms with Gasteiger partial charge in [-0.25, -0.2) is 4.79 Å². The summed E-state index contributed by atoms with van der Waals surface area (Å²) in [5.74, 6) is 1.07. The Kier molecular flexibility index (Phi) is 7.87. The predicted octanol–water partition coefficient (Wildman–Crippen LogP) is 0.689. The van der Waals surface area contributed by atoms with E-state index < -0.39 is 6.09 Å². The Bertz CT molecular complexity index is 274. The van der Waals surface area contributed by atoms with Gasteiger partial charge in [0.2, 0.25) is 0 Å². The van der Waals surface area contributed by atoms with E-state index >= 15 is 0 Å². The molecule has 1 rings (SSSR count). The van der Waals surface area contributed by atoms with E-state index in [9.17, 15) is 4.79 Å². The molecule has 1 amide bonds. The smallest absolute Gasteiger partial charge is 0.407 e. The first-order valence-corrected chi connectivity index (χ1v) is 7.45. The van der Waals surface area contributed by atoms with Gasteiger partial charge in [-0.05, 0) is 37.5 Å². The molecule has 1 fully saturated rings. The average molecular weight is 288 g/mol. The second kappa shape index (κ2) is 9.15. The minimum Gasteiger partial charge on any atom is -0.465 e. The van der Waals surface area contributed by atoms with Crippen molar-refractivity contribution in [1.29, 1.82) is 0 Å². The zero-order chi connectivity index (χ0) is 15.0. The lowest BCUT2D eigenvalue weighted by atomic mass is 9.81. The van der Waals surface area contributed by atoms with Crippen molar-refractivity contribution in [3.05, 3.63) is 0 Å². The molecule has 0 heterocycles. The molecule has 6 nitrogen and oxygen atoms in total. The van der Waals surface area contributed by atoms with Crippen LogP contribution in [0.15, 0.2) is 0 Å². The van der Waals surface area contributed by atoms with Crippen LogP contribution in [0.1, 0.15) is 25.7 Å². The van der Waals surface area contributed by atoms with E-state index in [1.54, 1.807) is 7.05 Å². The van der Waals surface area contributed by atoms with E-state index in [1.165, 1.54) is 4.90 Å². The maximum absolute atomic E-state index is 10.8. The van der Waals surface area contributed by atoms with Gasteiger partial charge in [-0.15, -0.1) is 0 Å². The molecule has 6 heteroatoms. The van der Waals surface area contributed by atoms with E-state index in [4.69, 9.17) is 15.3 Å². The van der Waals surface area contributed by atoms with Gasteiger partial charge in [0, 0.05) is 33.2 Å². The first-order chi connectivity index (χ1) is 9.56. The Morgan fingerprint density at radius 2 is 1.45 bits per heavy atom. The Hall–Kier alpha value is -0.850. The number of rotatable bonds is 8. The number of carbonyl (C=O) groups is 1. The number of nitrogens with zero attached hydrogens (tertiary/aromatic N) is 2. The summed E-state index contributed by atoms with van der Waals surface area (Å²) in [4.78, 5) is 14.3. The fourth-order valence-electron chi connectivity index (χ4n) is 3.00. The summed E-state index contributed by atoms with van der Waals surface area (Å²) in [6.07, 6.45) is 3.48. The first kappa shape index (κ1) is 17.2. The fourth-order valence-corrected chi connectivity index (χ4v) is 3.00. The molecule has 0 saturated heterocycles. The molecular formula is C14H28N2O4. The standard InChI is InChI=1S/C14H28N2O4/c1-15(14(19)20)10-12-2-4-13(5-3-12)11-16(6-8-17)7-9-18/h12-13,17-18H,2-11H2,1H3,(H,19,20). The van der Waals surface area contributed by atoms with Crippen LogP contribution in [0.2, 0.25) is 0 Å². The number of aliphatic hydroxyl groups is 2. The summed E-state index contributed by atoms with van der Waals surface area (Å²) in [5, 5.41) is 26.9.